The molecule has 0 bridgehead atoms. The van der Waals surface area contributed by atoms with Gasteiger partial charge in [0.1, 0.15) is 11.5 Å². The zero-order valence-corrected chi connectivity index (χ0v) is 17.0. The molecule has 5 nitrogen and oxygen atoms in total. The van der Waals surface area contributed by atoms with Crippen molar-refractivity contribution in [2.75, 3.05) is 20.8 Å². The highest BCUT2D eigenvalue weighted by molar-refractivity contribution is 7.89. The summed E-state index contributed by atoms with van der Waals surface area (Å²) < 4.78 is 38.9. The number of hydrogen-bond donors (Lipinski definition) is 0. The van der Waals surface area contributed by atoms with Gasteiger partial charge < -0.3 is 9.47 Å². The molecule has 0 N–H and O–H groups in total. The van der Waals surface area contributed by atoms with Gasteiger partial charge >= 0.3 is 0 Å². The largest absolute Gasteiger partial charge is 0.497 e. The Hall–Kier alpha value is -2.05. The minimum absolute atomic E-state index is 0.230. The quantitative estimate of drug-likeness (QED) is 0.713. The standard InChI is InChI=1S/C21H27NO4S/c1-4-6-16-8-11-18(12-9-16)27(23,24)22-14-5-7-20(22)19-13-10-17(25-2)15-21(19)26-3/h8-13,15,20H,4-7,14H2,1-3H3. The Labute approximate surface area is 162 Å². The van der Waals surface area contributed by atoms with Crippen molar-refractivity contribution in [3.8, 4) is 11.5 Å². The molecule has 0 aromatic heterocycles. The molecule has 1 aliphatic rings. The van der Waals surface area contributed by atoms with Crippen LogP contribution in [0.15, 0.2) is 47.4 Å². The van der Waals surface area contributed by atoms with Crippen LogP contribution in [-0.2, 0) is 16.4 Å². The molecule has 27 heavy (non-hydrogen) atoms. The summed E-state index contributed by atoms with van der Waals surface area (Å²) in [6, 6.07) is 12.6. The zero-order chi connectivity index (χ0) is 19.4. The normalized spacial score (nSPS) is 17.8. The van der Waals surface area contributed by atoms with Crippen LogP contribution in [0, 0.1) is 0 Å². The van der Waals surface area contributed by atoms with E-state index in [-0.39, 0.29) is 6.04 Å². The van der Waals surface area contributed by atoms with Crippen molar-refractivity contribution in [3.05, 3.63) is 53.6 Å². The van der Waals surface area contributed by atoms with E-state index in [0.29, 0.717) is 22.9 Å². The van der Waals surface area contributed by atoms with Crippen LogP contribution in [0.1, 0.15) is 43.4 Å². The molecule has 0 saturated carbocycles. The second kappa shape index (κ2) is 8.31. The smallest absolute Gasteiger partial charge is 0.243 e. The van der Waals surface area contributed by atoms with Crippen LogP contribution < -0.4 is 9.47 Å². The Bertz CT molecular complexity index is 878. The molecular formula is C21H27NO4S. The summed E-state index contributed by atoms with van der Waals surface area (Å²) in [6.07, 6.45) is 3.59. The molecule has 1 heterocycles. The highest BCUT2D eigenvalue weighted by Gasteiger charge is 2.37. The van der Waals surface area contributed by atoms with Gasteiger partial charge in [-0.25, -0.2) is 8.42 Å². The summed E-state index contributed by atoms with van der Waals surface area (Å²) in [4.78, 5) is 0.349. The number of ether oxygens (including phenoxy) is 2. The van der Waals surface area contributed by atoms with Gasteiger partial charge in [-0.05, 0) is 43.0 Å². The Morgan fingerprint density at radius 2 is 1.81 bits per heavy atom. The highest BCUT2D eigenvalue weighted by Crippen LogP contribution is 2.41. The summed E-state index contributed by atoms with van der Waals surface area (Å²) in [5, 5.41) is 0. The summed E-state index contributed by atoms with van der Waals surface area (Å²) in [5.74, 6) is 1.34. The third-order valence-corrected chi connectivity index (χ3v) is 6.99. The van der Waals surface area contributed by atoms with Crippen LogP contribution in [0.4, 0.5) is 0 Å². The van der Waals surface area contributed by atoms with E-state index < -0.39 is 10.0 Å². The summed E-state index contributed by atoms with van der Waals surface area (Å²) in [6.45, 7) is 2.63. The molecule has 6 heteroatoms. The van der Waals surface area contributed by atoms with Crippen molar-refractivity contribution >= 4 is 10.0 Å². The fourth-order valence-corrected chi connectivity index (χ4v) is 5.36. The molecule has 0 aliphatic carbocycles. The number of aryl methyl sites for hydroxylation is 1. The predicted octanol–water partition coefficient (Wildman–Crippen LogP) is 4.18. The average Bonchev–Trinajstić information content (AvgIpc) is 3.18. The summed E-state index contributed by atoms with van der Waals surface area (Å²) in [5.41, 5.74) is 2.04. The van der Waals surface area contributed by atoms with E-state index in [0.717, 1.165) is 36.8 Å². The van der Waals surface area contributed by atoms with E-state index in [4.69, 9.17) is 9.47 Å². The Morgan fingerprint density at radius 3 is 2.44 bits per heavy atom. The summed E-state index contributed by atoms with van der Waals surface area (Å²) >= 11 is 0. The highest BCUT2D eigenvalue weighted by atomic mass is 32.2. The number of rotatable bonds is 7. The molecule has 0 spiro atoms. The molecule has 146 valence electrons. The minimum atomic E-state index is -3.56. The van der Waals surface area contributed by atoms with Crippen LogP contribution in [0.3, 0.4) is 0 Å². The molecule has 1 saturated heterocycles. The zero-order valence-electron chi connectivity index (χ0n) is 16.1. The van der Waals surface area contributed by atoms with Gasteiger partial charge in [0.15, 0.2) is 0 Å². The minimum Gasteiger partial charge on any atom is -0.497 e. The number of sulfonamides is 1. The molecule has 0 radical (unpaired) electrons. The lowest BCUT2D eigenvalue weighted by atomic mass is 10.0. The molecular weight excluding hydrogens is 362 g/mol. The molecule has 0 amide bonds. The van der Waals surface area contributed by atoms with E-state index in [1.807, 2.05) is 24.3 Å². The van der Waals surface area contributed by atoms with Crippen molar-refractivity contribution in [2.24, 2.45) is 0 Å². The lowest BCUT2D eigenvalue weighted by Crippen LogP contribution is -2.30. The van der Waals surface area contributed by atoms with Gasteiger partial charge in [-0.15, -0.1) is 0 Å². The van der Waals surface area contributed by atoms with Crippen LogP contribution in [0.5, 0.6) is 11.5 Å². The first-order valence-electron chi connectivity index (χ1n) is 9.34. The third-order valence-electron chi connectivity index (χ3n) is 5.07. The van der Waals surface area contributed by atoms with Crippen LogP contribution in [0.25, 0.3) is 0 Å². The monoisotopic (exact) mass is 389 g/mol. The first-order chi connectivity index (χ1) is 13.0. The van der Waals surface area contributed by atoms with Gasteiger partial charge in [-0.3, -0.25) is 0 Å². The number of benzene rings is 2. The van der Waals surface area contributed by atoms with E-state index in [1.54, 1.807) is 36.7 Å². The molecule has 1 aliphatic heterocycles. The van der Waals surface area contributed by atoms with Crippen molar-refractivity contribution in [1.29, 1.82) is 0 Å². The second-order valence-electron chi connectivity index (χ2n) is 6.78. The first kappa shape index (κ1) is 19.7. The number of nitrogens with zero attached hydrogens (tertiary/aromatic N) is 1. The van der Waals surface area contributed by atoms with Crippen molar-refractivity contribution in [3.63, 3.8) is 0 Å². The fraction of sp³-hybridized carbons (Fsp3) is 0.429. The molecule has 1 fully saturated rings. The molecule has 1 unspecified atom stereocenters. The van der Waals surface area contributed by atoms with Crippen molar-refractivity contribution < 1.29 is 17.9 Å². The van der Waals surface area contributed by atoms with Gasteiger partial charge in [-0.1, -0.05) is 31.5 Å². The molecule has 3 rings (SSSR count). The molecule has 2 aromatic rings. The maximum Gasteiger partial charge on any atom is 0.243 e. The predicted molar refractivity (Wildman–Crippen MR) is 106 cm³/mol. The maximum atomic E-state index is 13.3. The average molecular weight is 390 g/mol. The van der Waals surface area contributed by atoms with Crippen molar-refractivity contribution in [1.82, 2.24) is 4.31 Å². The first-order valence-corrected chi connectivity index (χ1v) is 10.8. The Morgan fingerprint density at radius 1 is 1.07 bits per heavy atom. The lowest BCUT2D eigenvalue weighted by Gasteiger charge is -2.26. The fourth-order valence-electron chi connectivity index (χ4n) is 3.68. The van der Waals surface area contributed by atoms with Gasteiger partial charge in [-0.2, -0.15) is 4.31 Å². The van der Waals surface area contributed by atoms with Gasteiger partial charge in [0.05, 0.1) is 25.2 Å². The van der Waals surface area contributed by atoms with Crippen LogP contribution in [0.2, 0.25) is 0 Å². The van der Waals surface area contributed by atoms with Crippen molar-refractivity contribution in [2.45, 2.75) is 43.5 Å². The molecule has 1 atom stereocenters. The van der Waals surface area contributed by atoms with E-state index in [2.05, 4.69) is 6.92 Å². The van der Waals surface area contributed by atoms with E-state index >= 15 is 0 Å². The Kier molecular flexibility index (Phi) is 6.07. The van der Waals surface area contributed by atoms with Crippen LogP contribution in [-0.4, -0.2) is 33.5 Å². The number of hydrogen-bond acceptors (Lipinski definition) is 4. The number of methoxy groups -OCH3 is 2. The van der Waals surface area contributed by atoms with E-state index in [9.17, 15) is 8.42 Å². The third kappa shape index (κ3) is 3.96. The molecule has 2 aromatic carbocycles. The topological polar surface area (TPSA) is 55.8 Å². The SMILES string of the molecule is CCCc1ccc(S(=O)(=O)N2CCCC2c2ccc(OC)cc2OC)cc1. The second-order valence-corrected chi connectivity index (χ2v) is 8.67. The van der Waals surface area contributed by atoms with E-state index in [1.165, 1.54) is 0 Å². The van der Waals surface area contributed by atoms with Gasteiger partial charge in [0, 0.05) is 18.2 Å². The lowest BCUT2D eigenvalue weighted by molar-refractivity contribution is 0.361. The van der Waals surface area contributed by atoms with Crippen LogP contribution >= 0.6 is 0 Å². The Balaban J connectivity index is 1.93. The summed E-state index contributed by atoms with van der Waals surface area (Å²) in [7, 11) is -0.366. The maximum absolute atomic E-state index is 13.3. The van der Waals surface area contributed by atoms with Gasteiger partial charge in [0.2, 0.25) is 10.0 Å². The van der Waals surface area contributed by atoms with Gasteiger partial charge in [0.25, 0.3) is 0 Å².